The van der Waals surface area contributed by atoms with Gasteiger partial charge in [0, 0.05) is 19.5 Å². The van der Waals surface area contributed by atoms with Crippen LogP contribution in [0.2, 0.25) is 0 Å². The van der Waals surface area contributed by atoms with Crippen LogP contribution in [0.4, 0.5) is 4.79 Å². The average Bonchev–Trinajstić information content (AvgIpc) is 2.79. The highest BCUT2D eigenvalue weighted by Gasteiger charge is 2.43. The molecule has 2 fully saturated rings. The van der Waals surface area contributed by atoms with Crippen LogP contribution in [0.1, 0.15) is 18.4 Å². The van der Waals surface area contributed by atoms with Gasteiger partial charge in [0.1, 0.15) is 0 Å². The number of likely N-dealkylation sites (tertiary alicyclic amines) is 1. The number of imide groups is 1. The average molecular weight is 318 g/mol. The summed E-state index contributed by atoms with van der Waals surface area (Å²) in [5, 5.41) is -0.175. The van der Waals surface area contributed by atoms with E-state index in [-0.39, 0.29) is 28.8 Å². The molecule has 0 spiro atoms. The molecule has 0 bridgehead atoms. The first-order chi connectivity index (χ1) is 10.6. The topological polar surface area (TPSA) is 57.7 Å². The predicted octanol–water partition coefficient (Wildman–Crippen LogP) is 1.92. The molecule has 2 aliphatic rings. The maximum absolute atomic E-state index is 12.1. The predicted molar refractivity (Wildman–Crippen MR) is 84.4 cm³/mol. The van der Waals surface area contributed by atoms with Gasteiger partial charge >= 0.3 is 0 Å². The molecule has 2 saturated heterocycles. The minimum Gasteiger partial charge on any atom is -0.338 e. The Morgan fingerprint density at radius 3 is 2.55 bits per heavy atom. The smallest absolute Gasteiger partial charge is 0.289 e. The van der Waals surface area contributed by atoms with Crippen LogP contribution in [0.15, 0.2) is 30.3 Å². The Labute approximate surface area is 133 Å². The summed E-state index contributed by atoms with van der Waals surface area (Å²) in [5.74, 6) is 0.218. The summed E-state index contributed by atoms with van der Waals surface area (Å²) in [6, 6.07) is 9.99. The Hall–Kier alpha value is -1.82. The first-order valence-electron chi connectivity index (χ1n) is 7.45. The largest absolute Gasteiger partial charge is 0.338 e. The number of aryl methyl sites for hydroxylation is 1. The zero-order chi connectivity index (χ0) is 15.5. The fraction of sp³-hybridized carbons (Fsp3) is 0.438. The van der Waals surface area contributed by atoms with Crippen LogP contribution < -0.4 is 0 Å². The Balaban J connectivity index is 1.40. The zero-order valence-corrected chi connectivity index (χ0v) is 13.1. The molecule has 0 saturated carbocycles. The SMILES string of the molecule is O=C(CCCc1ccccc1)N1CC(N2C(=O)CSC2=O)C1. The molecule has 0 aromatic heterocycles. The van der Waals surface area contributed by atoms with Crippen molar-refractivity contribution in [2.45, 2.75) is 25.3 Å². The first kappa shape index (κ1) is 15.1. The van der Waals surface area contributed by atoms with Crippen LogP contribution in [0.25, 0.3) is 0 Å². The first-order valence-corrected chi connectivity index (χ1v) is 8.44. The summed E-state index contributed by atoms with van der Waals surface area (Å²) in [7, 11) is 0. The number of hydrogen-bond acceptors (Lipinski definition) is 4. The van der Waals surface area contributed by atoms with Crippen LogP contribution >= 0.6 is 11.8 Å². The molecule has 0 aliphatic carbocycles. The summed E-state index contributed by atoms with van der Waals surface area (Å²) >= 11 is 1.05. The lowest BCUT2D eigenvalue weighted by atomic mass is 10.0. The van der Waals surface area contributed by atoms with Crippen molar-refractivity contribution in [1.29, 1.82) is 0 Å². The van der Waals surface area contributed by atoms with E-state index in [0.717, 1.165) is 24.6 Å². The highest BCUT2D eigenvalue weighted by atomic mass is 32.2. The molecule has 116 valence electrons. The van der Waals surface area contributed by atoms with Crippen molar-refractivity contribution in [3.63, 3.8) is 0 Å². The molecule has 2 aliphatic heterocycles. The third kappa shape index (κ3) is 3.16. The van der Waals surface area contributed by atoms with Crippen molar-refractivity contribution in [3.8, 4) is 0 Å². The van der Waals surface area contributed by atoms with Crippen molar-refractivity contribution in [2.24, 2.45) is 0 Å². The Morgan fingerprint density at radius 1 is 1.18 bits per heavy atom. The van der Waals surface area contributed by atoms with E-state index < -0.39 is 0 Å². The molecule has 1 aromatic rings. The quantitative estimate of drug-likeness (QED) is 0.832. The van der Waals surface area contributed by atoms with E-state index in [1.807, 2.05) is 18.2 Å². The summed E-state index contributed by atoms with van der Waals surface area (Å²) in [6.45, 7) is 0.977. The molecule has 3 amide bonds. The highest BCUT2D eigenvalue weighted by Crippen LogP contribution is 2.26. The van der Waals surface area contributed by atoms with Crippen LogP contribution in [-0.2, 0) is 16.0 Å². The molecule has 1 aromatic carbocycles. The van der Waals surface area contributed by atoms with Gasteiger partial charge in [-0.2, -0.15) is 0 Å². The van der Waals surface area contributed by atoms with Crippen LogP contribution in [-0.4, -0.2) is 51.7 Å². The summed E-state index contributed by atoms with van der Waals surface area (Å²) in [6.07, 6.45) is 2.23. The number of carbonyl (C=O) groups is 3. The third-order valence-corrected chi connectivity index (χ3v) is 4.90. The maximum Gasteiger partial charge on any atom is 0.289 e. The van der Waals surface area contributed by atoms with Gasteiger partial charge < -0.3 is 4.90 Å². The molecule has 5 nitrogen and oxygen atoms in total. The number of rotatable bonds is 5. The molecule has 0 radical (unpaired) electrons. The lowest BCUT2D eigenvalue weighted by molar-refractivity contribution is -0.142. The van der Waals surface area contributed by atoms with E-state index >= 15 is 0 Å². The molecule has 22 heavy (non-hydrogen) atoms. The number of carbonyl (C=O) groups excluding carboxylic acids is 3. The second-order valence-corrected chi connectivity index (χ2v) is 6.54. The van der Waals surface area contributed by atoms with E-state index in [1.54, 1.807) is 4.90 Å². The monoisotopic (exact) mass is 318 g/mol. The zero-order valence-electron chi connectivity index (χ0n) is 12.2. The van der Waals surface area contributed by atoms with Gasteiger partial charge in [0.25, 0.3) is 5.24 Å². The summed E-state index contributed by atoms with van der Waals surface area (Å²) in [4.78, 5) is 38.3. The molecule has 6 heteroatoms. The van der Waals surface area contributed by atoms with Crippen molar-refractivity contribution < 1.29 is 14.4 Å². The van der Waals surface area contributed by atoms with Gasteiger partial charge in [-0.15, -0.1) is 0 Å². The van der Waals surface area contributed by atoms with Crippen LogP contribution in [0.5, 0.6) is 0 Å². The Kier molecular flexibility index (Phi) is 4.47. The maximum atomic E-state index is 12.1. The van der Waals surface area contributed by atoms with Crippen molar-refractivity contribution >= 4 is 28.8 Å². The minimum atomic E-state index is -0.175. The standard InChI is InChI=1S/C16H18N2O3S/c19-14(8-4-7-12-5-2-1-3-6-12)17-9-13(10-17)18-15(20)11-22-16(18)21/h1-3,5-6,13H,4,7-11H2. The van der Waals surface area contributed by atoms with E-state index in [1.165, 1.54) is 10.5 Å². The number of nitrogens with zero attached hydrogens (tertiary/aromatic N) is 2. The van der Waals surface area contributed by atoms with Gasteiger partial charge in [0.15, 0.2) is 0 Å². The fourth-order valence-electron chi connectivity index (χ4n) is 2.79. The van der Waals surface area contributed by atoms with Crippen molar-refractivity contribution in [1.82, 2.24) is 9.80 Å². The highest BCUT2D eigenvalue weighted by molar-refractivity contribution is 8.14. The normalized spacial score (nSPS) is 18.7. The van der Waals surface area contributed by atoms with Gasteiger partial charge in [-0.1, -0.05) is 42.1 Å². The summed E-state index contributed by atoms with van der Waals surface area (Å²) < 4.78 is 0. The number of hydrogen-bond donors (Lipinski definition) is 0. The molecule has 3 rings (SSSR count). The van der Waals surface area contributed by atoms with Gasteiger partial charge in [-0.25, -0.2) is 0 Å². The molecule has 0 N–H and O–H groups in total. The molecule has 0 atom stereocenters. The van der Waals surface area contributed by atoms with Crippen molar-refractivity contribution in [3.05, 3.63) is 35.9 Å². The number of amides is 3. The number of thioether (sulfide) groups is 1. The van der Waals surface area contributed by atoms with E-state index in [4.69, 9.17) is 0 Å². The lowest BCUT2D eigenvalue weighted by Crippen LogP contribution is -2.62. The Bertz CT molecular complexity index is 568. The van der Waals surface area contributed by atoms with Gasteiger partial charge in [0.05, 0.1) is 11.8 Å². The molecule has 2 heterocycles. The fourth-order valence-corrected chi connectivity index (χ4v) is 3.56. The summed E-state index contributed by atoms with van der Waals surface area (Å²) in [5.41, 5.74) is 1.24. The minimum absolute atomic E-state index is 0.110. The van der Waals surface area contributed by atoms with Crippen molar-refractivity contribution in [2.75, 3.05) is 18.8 Å². The lowest BCUT2D eigenvalue weighted by Gasteiger charge is -2.42. The number of benzene rings is 1. The van der Waals surface area contributed by atoms with Crippen LogP contribution in [0, 0.1) is 0 Å². The van der Waals surface area contributed by atoms with Gasteiger partial charge in [-0.05, 0) is 18.4 Å². The second kappa shape index (κ2) is 6.52. The van der Waals surface area contributed by atoms with E-state index in [0.29, 0.717) is 19.5 Å². The van der Waals surface area contributed by atoms with E-state index in [2.05, 4.69) is 12.1 Å². The third-order valence-electron chi connectivity index (χ3n) is 4.06. The van der Waals surface area contributed by atoms with E-state index in [9.17, 15) is 14.4 Å². The Morgan fingerprint density at radius 2 is 1.91 bits per heavy atom. The van der Waals surface area contributed by atoms with Crippen LogP contribution in [0.3, 0.4) is 0 Å². The molecule has 0 unspecified atom stereocenters. The van der Waals surface area contributed by atoms with Gasteiger partial charge in [0.2, 0.25) is 11.8 Å². The molecular formula is C16H18N2O3S. The van der Waals surface area contributed by atoms with Gasteiger partial charge in [-0.3, -0.25) is 19.3 Å². The molecular weight excluding hydrogens is 300 g/mol. The second-order valence-electron chi connectivity index (χ2n) is 5.61.